The van der Waals surface area contributed by atoms with Gasteiger partial charge in [0.05, 0.1) is 6.54 Å². The van der Waals surface area contributed by atoms with Gasteiger partial charge in [0.25, 0.3) is 0 Å². The number of rotatable bonds is 4. The molecule has 0 saturated carbocycles. The van der Waals surface area contributed by atoms with Gasteiger partial charge < -0.3 is 10.1 Å². The molecule has 0 aromatic heterocycles. The van der Waals surface area contributed by atoms with E-state index >= 15 is 0 Å². The molecular weight excluding hydrogens is 188 g/mol. The Morgan fingerprint density at radius 3 is 2.73 bits per heavy atom. The number of aryl methyl sites for hydroxylation is 1. The molecular formula is C12H16N2O. The maximum atomic E-state index is 5.60. The Morgan fingerprint density at radius 2 is 2.13 bits per heavy atom. The van der Waals surface area contributed by atoms with Gasteiger partial charge in [-0.2, -0.15) is 0 Å². The van der Waals surface area contributed by atoms with Gasteiger partial charge in [0.1, 0.15) is 18.2 Å². The van der Waals surface area contributed by atoms with Gasteiger partial charge >= 0.3 is 0 Å². The van der Waals surface area contributed by atoms with Crippen LogP contribution in [0.25, 0.3) is 0 Å². The van der Waals surface area contributed by atoms with Crippen molar-refractivity contribution in [1.29, 1.82) is 0 Å². The molecule has 1 heterocycles. The summed E-state index contributed by atoms with van der Waals surface area (Å²) in [5.74, 6) is 1.86. The Hall–Kier alpha value is -1.51. The van der Waals surface area contributed by atoms with Crippen LogP contribution < -0.4 is 10.1 Å². The molecule has 1 N–H and O–H groups in total. The second-order valence-corrected chi connectivity index (χ2v) is 3.54. The average Bonchev–Trinajstić information content (AvgIpc) is 2.80. The minimum atomic E-state index is 0.547. The van der Waals surface area contributed by atoms with Gasteiger partial charge in [-0.3, -0.25) is 4.99 Å². The summed E-state index contributed by atoms with van der Waals surface area (Å²) in [5.41, 5.74) is 1.33. The van der Waals surface area contributed by atoms with Crippen LogP contribution in [-0.2, 0) is 6.42 Å². The molecule has 1 aromatic carbocycles. The van der Waals surface area contributed by atoms with E-state index in [1.165, 1.54) is 5.56 Å². The van der Waals surface area contributed by atoms with Gasteiger partial charge in [0.2, 0.25) is 0 Å². The van der Waals surface area contributed by atoms with Crippen LogP contribution in [0.1, 0.15) is 12.5 Å². The lowest BCUT2D eigenvalue weighted by atomic mass is 10.2. The number of nitrogens with one attached hydrogen (secondary N) is 1. The van der Waals surface area contributed by atoms with Crippen molar-refractivity contribution < 1.29 is 4.74 Å². The Labute approximate surface area is 90.2 Å². The zero-order valence-electron chi connectivity index (χ0n) is 8.99. The molecule has 0 radical (unpaired) electrons. The Balaban J connectivity index is 1.87. The zero-order chi connectivity index (χ0) is 10.5. The number of aliphatic imine (C=N–C) groups is 1. The van der Waals surface area contributed by atoms with Crippen LogP contribution in [0.2, 0.25) is 0 Å². The monoisotopic (exact) mass is 204 g/mol. The van der Waals surface area contributed by atoms with Crippen LogP contribution in [-0.4, -0.2) is 25.5 Å². The van der Waals surface area contributed by atoms with Gasteiger partial charge in [0, 0.05) is 6.54 Å². The first-order valence-electron chi connectivity index (χ1n) is 5.37. The van der Waals surface area contributed by atoms with Gasteiger partial charge in [-0.05, 0) is 24.1 Å². The summed E-state index contributed by atoms with van der Waals surface area (Å²) in [6.07, 6.45) is 1.06. The third-order valence-electron chi connectivity index (χ3n) is 2.45. The summed E-state index contributed by atoms with van der Waals surface area (Å²) in [5, 5.41) is 3.17. The van der Waals surface area contributed by atoms with Gasteiger partial charge in [-0.1, -0.05) is 19.1 Å². The molecule has 1 aliphatic rings. The van der Waals surface area contributed by atoms with E-state index < -0.39 is 0 Å². The predicted molar refractivity (Wildman–Crippen MR) is 61.6 cm³/mol. The summed E-state index contributed by atoms with van der Waals surface area (Å²) < 4.78 is 5.60. The van der Waals surface area contributed by atoms with Gasteiger partial charge in [0.15, 0.2) is 0 Å². The Bertz CT molecular complexity index is 343. The van der Waals surface area contributed by atoms with E-state index in [9.17, 15) is 0 Å². The molecule has 80 valence electrons. The normalized spacial score (nSPS) is 14.6. The van der Waals surface area contributed by atoms with E-state index in [-0.39, 0.29) is 0 Å². The summed E-state index contributed by atoms with van der Waals surface area (Å²) in [7, 11) is 0. The molecule has 0 atom stereocenters. The van der Waals surface area contributed by atoms with Crippen molar-refractivity contribution in [2.45, 2.75) is 13.3 Å². The molecule has 0 fully saturated rings. The lowest BCUT2D eigenvalue weighted by Gasteiger charge is -2.06. The van der Waals surface area contributed by atoms with E-state index in [4.69, 9.17) is 4.74 Å². The van der Waals surface area contributed by atoms with Crippen molar-refractivity contribution in [3.8, 4) is 5.75 Å². The first-order chi connectivity index (χ1) is 7.38. The first kappa shape index (κ1) is 10.0. The third-order valence-corrected chi connectivity index (χ3v) is 2.45. The van der Waals surface area contributed by atoms with Crippen molar-refractivity contribution in [2.24, 2.45) is 4.99 Å². The summed E-state index contributed by atoms with van der Waals surface area (Å²) in [6, 6.07) is 8.21. The topological polar surface area (TPSA) is 33.6 Å². The fraction of sp³-hybridized carbons (Fsp3) is 0.417. The fourth-order valence-electron chi connectivity index (χ4n) is 1.52. The molecule has 1 aliphatic heterocycles. The highest BCUT2D eigenvalue weighted by Crippen LogP contribution is 2.12. The molecule has 0 bridgehead atoms. The van der Waals surface area contributed by atoms with E-state index in [0.717, 1.165) is 31.1 Å². The molecule has 2 rings (SSSR count). The Morgan fingerprint density at radius 1 is 1.33 bits per heavy atom. The van der Waals surface area contributed by atoms with Crippen LogP contribution in [0.4, 0.5) is 0 Å². The molecule has 0 saturated heterocycles. The molecule has 0 unspecified atom stereocenters. The lowest BCUT2D eigenvalue weighted by Crippen LogP contribution is -2.24. The van der Waals surface area contributed by atoms with Crippen molar-refractivity contribution in [3.63, 3.8) is 0 Å². The molecule has 0 amide bonds. The minimum Gasteiger partial charge on any atom is -0.486 e. The lowest BCUT2D eigenvalue weighted by molar-refractivity contribution is 0.373. The minimum absolute atomic E-state index is 0.547. The van der Waals surface area contributed by atoms with Gasteiger partial charge in [-0.15, -0.1) is 0 Å². The van der Waals surface area contributed by atoms with E-state index in [0.29, 0.717) is 6.61 Å². The van der Waals surface area contributed by atoms with E-state index in [1.54, 1.807) is 0 Å². The van der Waals surface area contributed by atoms with Crippen molar-refractivity contribution in [3.05, 3.63) is 29.8 Å². The summed E-state index contributed by atoms with van der Waals surface area (Å²) in [6.45, 7) is 4.50. The number of nitrogens with zero attached hydrogens (tertiary/aromatic N) is 1. The van der Waals surface area contributed by atoms with Crippen LogP contribution >= 0.6 is 0 Å². The average molecular weight is 204 g/mol. The zero-order valence-corrected chi connectivity index (χ0v) is 8.99. The van der Waals surface area contributed by atoms with Crippen LogP contribution in [0.15, 0.2) is 29.3 Å². The molecule has 1 aromatic rings. The summed E-state index contributed by atoms with van der Waals surface area (Å²) in [4.78, 5) is 4.27. The molecule has 15 heavy (non-hydrogen) atoms. The van der Waals surface area contributed by atoms with Crippen molar-refractivity contribution in [1.82, 2.24) is 5.32 Å². The smallest absolute Gasteiger partial charge is 0.145 e. The largest absolute Gasteiger partial charge is 0.486 e. The predicted octanol–water partition coefficient (Wildman–Crippen LogP) is 1.63. The van der Waals surface area contributed by atoms with E-state index in [1.807, 2.05) is 12.1 Å². The molecule has 3 heteroatoms. The summed E-state index contributed by atoms with van der Waals surface area (Å²) >= 11 is 0. The molecule has 3 nitrogen and oxygen atoms in total. The fourth-order valence-corrected chi connectivity index (χ4v) is 1.52. The van der Waals surface area contributed by atoms with Crippen LogP contribution in [0.3, 0.4) is 0 Å². The van der Waals surface area contributed by atoms with Crippen LogP contribution in [0, 0.1) is 0 Å². The number of amidine groups is 1. The van der Waals surface area contributed by atoms with Crippen molar-refractivity contribution >= 4 is 5.84 Å². The quantitative estimate of drug-likeness (QED) is 0.808. The van der Waals surface area contributed by atoms with Gasteiger partial charge in [-0.25, -0.2) is 0 Å². The Kier molecular flexibility index (Phi) is 3.22. The maximum absolute atomic E-state index is 5.60. The highest BCUT2D eigenvalue weighted by molar-refractivity contribution is 5.84. The number of hydrogen-bond donors (Lipinski definition) is 1. The second-order valence-electron chi connectivity index (χ2n) is 3.54. The second kappa shape index (κ2) is 4.82. The van der Waals surface area contributed by atoms with Crippen LogP contribution in [0.5, 0.6) is 5.75 Å². The van der Waals surface area contributed by atoms with Crippen molar-refractivity contribution in [2.75, 3.05) is 19.7 Å². The number of ether oxygens (including phenoxy) is 1. The highest BCUT2D eigenvalue weighted by Gasteiger charge is 2.04. The number of benzene rings is 1. The standard InChI is InChI=1S/C12H16N2O/c1-2-10-3-5-11(6-4-10)15-9-12-13-7-8-14-12/h3-6H,2,7-9H2,1H3,(H,13,14). The maximum Gasteiger partial charge on any atom is 0.145 e. The van der Waals surface area contributed by atoms with E-state index in [2.05, 4.69) is 29.4 Å². The third kappa shape index (κ3) is 2.72. The SMILES string of the molecule is CCc1ccc(OCC2=NCCN2)cc1. The molecule has 0 spiro atoms. The first-order valence-corrected chi connectivity index (χ1v) is 5.37. The highest BCUT2D eigenvalue weighted by atomic mass is 16.5. The number of hydrogen-bond acceptors (Lipinski definition) is 3. The molecule has 0 aliphatic carbocycles.